The zero-order valence-electron chi connectivity index (χ0n) is 79.6. The van der Waals surface area contributed by atoms with Crippen LogP contribution in [0.15, 0.2) is 0 Å². The average molecular weight is 1650 g/mol. The summed E-state index contributed by atoms with van der Waals surface area (Å²) in [7, 11) is 2.24. The quantitative estimate of drug-likeness (QED) is 0.0325. The van der Waals surface area contributed by atoms with Gasteiger partial charge in [0, 0.05) is 65.1 Å². The van der Waals surface area contributed by atoms with Crippen molar-refractivity contribution in [3.63, 3.8) is 0 Å². The van der Waals surface area contributed by atoms with Crippen molar-refractivity contribution >= 4 is 23.9 Å². The van der Waals surface area contributed by atoms with E-state index < -0.39 is 0 Å². The second-order valence-electron chi connectivity index (χ2n) is 37.6. The van der Waals surface area contributed by atoms with Crippen LogP contribution in [-0.4, -0.2) is 150 Å². The summed E-state index contributed by atoms with van der Waals surface area (Å²) in [5.74, 6) is 3.34. The molecule has 2 rings (SSSR count). The number of unbranched alkanes of at least 4 members (excludes halogenated alkanes) is 33. The molecule has 0 N–H and O–H groups in total. The Hall–Kier alpha value is -2.32. The summed E-state index contributed by atoms with van der Waals surface area (Å²) in [5, 5.41) is 0. The first kappa shape index (κ1) is 111. The van der Waals surface area contributed by atoms with Gasteiger partial charge in [0.05, 0.1) is 38.6 Å². The van der Waals surface area contributed by atoms with Gasteiger partial charge in [-0.2, -0.15) is 0 Å². The zero-order valence-corrected chi connectivity index (χ0v) is 79.6. The highest BCUT2D eigenvalue weighted by Crippen LogP contribution is 2.33. The van der Waals surface area contributed by atoms with Gasteiger partial charge in [-0.05, 0) is 178 Å². The first-order chi connectivity index (χ1) is 57.5. The standard InChI is InChI=1S/C104H201N3O10/c1-9-16-60-94(61-17-10-2)76-90-114-101(108)72-47-38-30-22-26-34-43-68-99(112-88-57-55-82-106-80-53-42-54-81-106)69-44-35-27-24-32-40-49-74-103(110)116-92-78-96(64-20-13-5)65-51-52-67-97(59-15-7)98(66-21-14-6)79-93-117-104(111)75-50-41-33-25-29-37-46-71-100(113-89-58-56-83-107-86-84-105(8)85-87-107)70-45-36-28-23-31-39-48-73-102(109)115-91-77-95(62-18-11-3)63-19-12-4/h94-100H,9-93H2,1-8H3. The number of carbonyl (C=O) groups is 4. The number of ether oxygens (including phenoxy) is 6. The summed E-state index contributed by atoms with van der Waals surface area (Å²) in [6.07, 6.45) is 83.9. The molecule has 692 valence electrons. The molecule has 0 spiro atoms. The molecule has 0 amide bonds. The lowest BCUT2D eigenvalue weighted by molar-refractivity contribution is -0.145. The molecule has 13 nitrogen and oxygen atoms in total. The minimum atomic E-state index is -0.00485. The average Bonchev–Trinajstić information content (AvgIpc) is 0.948. The molecule has 0 aromatic heterocycles. The fourth-order valence-corrected chi connectivity index (χ4v) is 18.7. The Balaban J connectivity index is 1.63. The van der Waals surface area contributed by atoms with Gasteiger partial charge in [0.15, 0.2) is 0 Å². The predicted molar refractivity (Wildman–Crippen MR) is 499 cm³/mol. The Kier molecular flexibility index (Phi) is 80.0. The van der Waals surface area contributed by atoms with Gasteiger partial charge < -0.3 is 43.1 Å². The molecule has 2 aliphatic rings. The highest BCUT2D eigenvalue weighted by molar-refractivity contribution is 5.70. The van der Waals surface area contributed by atoms with Crippen LogP contribution in [0.1, 0.15) is 504 Å². The summed E-state index contributed by atoms with van der Waals surface area (Å²) in [6, 6.07) is 0. The van der Waals surface area contributed by atoms with E-state index in [1.807, 2.05) is 0 Å². The number of piperidine rings is 1. The maximum atomic E-state index is 13.1. The second kappa shape index (κ2) is 84.5. The summed E-state index contributed by atoms with van der Waals surface area (Å²) in [5.41, 5.74) is 0. The van der Waals surface area contributed by atoms with Crippen LogP contribution in [0.5, 0.6) is 0 Å². The maximum Gasteiger partial charge on any atom is 0.305 e. The number of likely N-dealkylation sites (tertiary alicyclic amines) is 1. The van der Waals surface area contributed by atoms with Crippen LogP contribution in [-0.2, 0) is 47.6 Å². The summed E-state index contributed by atoms with van der Waals surface area (Å²) in [4.78, 5) is 58.7. The lowest BCUT2D eigenvalue weighted by Crippen LogP contribution is -2.44. The molecule has 0 aromatic carbocycles. The predicted octanol–water partition coefficient (Wildman–Crippen LogP) is 29.4. The molecule has 0 bridgehead atoms. The molecular formula is C104H201N3O10. The molecule has 2 heterocycles. The maximum absolute atomic E-state index is 13.1. The monoisotopic (exact) mass is 1650 g/mol. The molecule has 2 fully saturated rings. The Bertz CT molecular complexity index is 2110. The first-order valence-electron chi connectivity index (χ1n) is 52.5. The third-order valence-electron chi connectivity index (χ3n) is 26.8. The SMILES string of the molecule is CCCCC(CCCC)CCOC(=O)CCCCCCCCCC(CCCCCCCCCC(=O)OCCC(CCCC)CCCCC(CCC)C(CCCC)CCOC(=O)CCCCCCCCCC(CCCCCCCCCC(=O)OCCC(CCCC)CCCC)OCCCCN1CCN(C)CC1)OCCCCN1CCCCC1. The van der Waals surface area contributed by atoms with Crippen LogP contribution in [0.2, 0.25) is 0 Å². The fourth-order valence-electron chi connectivity index (χ4n) is 18.7. The molecular weight excluding hydrogens is 1450 g/mol. The van der Waals surface area contributed by atoms with E-state index in [1.165, 1.54) is 399 Å². The van der Waals surface area contributed by atoms with Crippen molar-refractivity contribution in [3.8, 4) is 0 Å². The first-order valence-corrected chi connectivity index (χ1v) is 52.5. The Labute approximate surface area is 727 Å². The molecule has 117 heavy (non-hydrogen) atoms. The van der Waals surface area contributed by atoms with E-state index in [0.29, 0.717) is 93.9 Å². The van der Waals surface area contributed by atoms with Crippen LogP contribution in [0.3, 0.4) is 0 Å². The van der Waals surface area contributed by atoms with E-state index in [1.54, 1.807) is 0 Å². The molecule has 5 unspecified atom stereocenters. The van der Waals surface area contributed by atoms with Crippen LogP contribution in [0.4, 0.5) is 0 Å². The number of likely N-dealkylation sites (N-methyl/N-ethyl adjacent to an activating group) is 1. The molecule has 0 radical (unpaired) electrons. The van der Waals surface area contributed by atoms with Crippen LogP contribution < -0.4 is 0 Å². The Morgan fingerprint density at radius 3 is 0.829 bits per heavy atom. The van der Waals surface area contributed by atoms with Crippen molar-refractivity contribution in [1.82, 2.24) is 14.7 Å². The lowest BCUT2D eigenvalue weighted by atomic mass is 9.79. The van der Waals surface area contributed by atoms with Crippen LogP contribution in [0, 0.1) is 29.6 Å². The number of nitrogens with zero attached hydrogens (tertiary/aromatic N) is 3. The number of piperazine rings is 1. The van der Waals surface area contributed by atoms with Crippen LogP contribution in [0.25, 0.3) is 0 Å². The molecule has 2 aliphatic heterocycles. The molecule has 5 atom stereocenters. The van der Waals surface area contributed by atoms with Gasteiger partial charge >= 0.3 is 23.9 Å². The number of esters is 4. The van der Waals surface area contributed by atoms with E-state index in [4.69, 9.17) is 28.4 Å². The van der Waals surface area contributed by atoms with Gasteiger partial charge in [-0.25, -0.2) is 0 Å². The summed E-state index contributed by atoms with van der Waals surface area (Å²) < 4.78 is 36.5. The van der Waals surface area contributed by atoms with Gasteiger partial charge in [-0.1, -0.05) is 363 Å². The van der Waals surface area contributed by atoms with E-state index >= 15 is 0 Å². The minimum Gasteiger partial charge on any atom is -0.466 e. The Morgan fingerprint density at radius 2 is 0.496 bits per heavy atom. The number of rotatable bonds is 90. The largest absolute Gasteiger partial charge is 0.466 e. The summed E-state index contributed by atoms with van der Waals surface area (Å²) in [6.45, 7) is 29.9. The van der Waals surface area contributed by atoms with Gasteiger partial charge in [-0.3, -0.25) is 19.2 Å². The molecule has 0 aromatic rings. The normalized spacial score (nSPS) is 15.2. The van der Waals surface area contributed by atoms with Crippen molar-refractivity contribution < 1.29 is 47.6 Å². The topological polar surface area (TPSA) is 133 Å². The van der Waals surface area contributed by atoms with Crippen molar-refractivity contribution in [1.29, 1.82) is 0 Å². The Morgan fingerprint density at radius 1 is 0.231 bits per heavy atom. The third kappa shape index (κ3) is 70.6. The van der Waals surface area contributed by atoms with Gasteiger partial charge in [-0.15, -0.1) is 0 Å². The van der Waals surface area contributed by atoms with Crippen molar-refractivity contribution in [3.05, 3.63) is 0 Å². The van der Waals surface area contributed by atoms with Gasteiger partial charge in [0.2, 0.25) is 0 Å². The summed E-state index contributed by atoms with van der Waals surface area (Å²) >= 11 is 0. The molecule has 0 aliphatic carbocycles. The van der Waals surface area contributed by atoms with Crippen molar-refractivity contribution in [2.75, 3.05) is 99.0 Å². The van der Waals surface area contributed by atoms with E-state index in [-0.39, 0.29) is 23.9 Å². The highest BCUT2D eigenvalue weighted by atomic mass is 16.5. The van der Waals surface area contributed by atoms with E-state index in [0.717, 1.165) is 96.7 Å². The number of hydrogen-bond acceptors (Lipinski definition) is 13. The minimum absolute atomic E-state index is 0.00186. The smallest absolute Gasteiger partial charge is 0.305 e. The van der Waals surface area contributed by atoms with E-state index in [9.17, 15) is 19.2 Å². The van der Waals surface area contributed by atoms with Crippen LogP contribution >= 0.6 is 0 Å². The number of hydrogen-bond donors (Lipinski definition) is 0. The highest BCUT2D eigenvalue weighted by Gasteiger charge is 2.23. The third-order valence-corrected chi connectivity index (χ3v) is 26.8. The zero-order chi connectivity index (χ0) is 84.4. The van der Waals surface area contributed by atoms with Gasteiger partial charge in [0.1, 0.15) is 0 Å². The van der Waals surface area contributed by atoms with Crippen molar-refractivity contribution in [2.45, 2.75) is 517 Å². The molecule has 0 saturated carbocycles. The number of carbonyl (C=O) groups excluding carboxylic acids is 4. The molecule has 2 saturated heterocycles. The second-order valence-corrected chi connectivity index (χ2v) is 37.6. The fraction of sp³-hybridized carbons (Fsp3) is 0.962. The van der Waals surface area contributed by atoms with Gasteiger partial charge in [0.25, 0.3) is 0 Å². The lowest BCUT2D eigenvalue weighted by Gasteiger charge is -2.32. The van der Waals surface area contributed by atoms with E-state index in [2.05, 4.69) is 70.2 Å². The molecule has 13 heteroatoms. The van der Waals surface area contributed by atoms with Crippen molar-refractivity contribution in [2.24, 2.45) is 29.6 Å².